The molecule has 0 aliphatic heterocycles. The van der Waals surface area contributed by atoms with Gasteiger partial charge in [0.05, 0.1) is 18.0 Å². The lowest BCUT2D eigenvalue weighted by Crippen LogP contribution is -2.13. The zero-order chi connectivity index (χ0) is 17.1. The van der Waals surface area contributed by atoms with Gasteiger partial charge in [0.2, 0.25) is 0 Å². The summed E-state index contributed by atoms with van der Waals surface area (Å²) in [6.07, 6.45) is 0. The summed E-state index contributed by atoms with van der Waals surface area (Å²) in [4.78, 5) is 12.5. The van der Waals surface area contributed by atoms with Crippen LogP contribution < -0.4 is 0 Å². The summed E-state index contributed by atoms with van der Waals surface area (Å²) in [5, 5.41) is 5.31. The van der Waals surface area contributed by atoms with Crippen LogP contribution in [0.25, 0.3) is 16.9 Å². The topological polar surface area (TPSA) is 44.1 Å². The first-order chi connectivity index (χ1) is 11.6. The Kier molecular flexibility index (Phi) is 4.67. The predicted molar refractivity (Wildman–Crippen MR) is 94.7 cm³/mol. The van der Waals surface area contributed by atoms with Gasteiger partial charge in [-0.25, -0.2) is 9.48 Å². The van der Waals surface area contributed by atoms with E-state index in [2.05, 4.69) is 5.10 Å². The van der Waals surface area contributed by atoms with Crippen LogP contribution in [-0.4, -0.2) is 22.4 Å². The van der Waals surface area contributed by atoms with E-state index in [4.69, 9.17) is 16.3 Å². The standard InChI is InChI=1S/C19H17ClN2O2/c1-3-24-19(23)18-13(2)17(14-9-11-15(20)12-10-14)21-22(18)16-7-5-4-6-8-16/h4-12H,3H2,1-2H3. The molecule has 0 radical (unpaired) electrons. The first-order valence-corrected chi connectivity index (χ1v) is 8.07. The summed E-state index contributed by atoms with van der Waals surface area (Å²) in [7, 11) is 0. The van der Waals surface area contributed by atoms with Gasteiger partial charge in [0.15, 0.2) is 5.69 Å². The number of halogens is 1. The van der Waals surface area contributed by atoms with Gasteiger partial charge in [-0.3, -0.25) is 0 Å². The molecule has 0 fully saturated rings. The number of benzene rings is 2. The zero-order valence-electron chi connectivity index (χ0n) is 13.5. The largest absolute Gasteiger partial charge is 0.461 e. The Bertz CT molecular complexity index is 855. The van der Waals surface area contributed by atoms with Crippen molar-refractivity contribution in [3.05, 3.63) is 70.9 Å². The Labute approximate surface area is 145 Å². The molecule has 2 aromatic carbocycles. The molecule has 0 atom stereocenters. The van der Waals surface area contributed by atoms with Gasteiger partial charge in [-0.2, -0.15) is 5.10 Å². The second-order valence-corrected chi connectivity index (χ2v) is 5.73. The lowest BCUT2D eigenvalue weighted by Gasteiger charge is -2.07. The predicted octanol–water partition coefficient (Wildman–Crippen LogP) is 4.68. The third-order valence-electron chi connectivity index (χ3n) is 3.71. The van der Waals surface area contributed by atoms with Gasteiger partial charge in [0.25, 0.3) is 0 Å². The molecule has 0 bridgehead atoms. The van der Waals surface area contributed by atoms with Gasteiger partial charge < -0.3 is 4.74 Å². The van der Waals surface area contributed by atoms with Crippen LogP contribution >= 0.6 is 11.6 Å². The van der Waals surface area contributed by atoms with Gasteiger partial charge in [-0.15, -0.1) is 0 Å². The van der Waals surface area contributed by atoms with E-state index in [1.165, 1.54) is 0 Å². The molecule has 3 rings (SSSR count). The third-order valence-corrected chi connectivity index (χ3v) is 3.96. The Balaban J connectivity index is 2.19. The quantitative estimate of drug-likeness (QED) is 0.648. The molecule has 0 aliphatic carbocycles. The van der Waals surface area contributed by atoms with Crippen LogP contribution in [0.15, 0.2) is 54.6 Å². The van der Waals surface area contributed by atoms with Gasteiger partial charge in [-0.1, -0.05) is 41.9 Å². The van der Waals surface area contributed by atoms with Crippen molar-refractivity contribution < 1.29 is 9.53 Å². The van der Waals surface area contributed by atoms with E-state index in [0.29, 0.717) is 17.3 Å². The summed E-state index contributed by atoms with van der Waals surface area (Å²) in [6.45, 7) is 3.98. The van der Waals surface area contributed by atoms with Crippen molar-refractivity contribution in [1.29, 1.82) is 0 Å². The number of carbonyl (C=O) groups is 1. The molecule has 1 aromatic heterocycles. The van der Waals surface area contributed by atoms with E-state index in [-0.39, 0.29) is 5.97 Å². The van der Waals surface area contributed by atoms with Gasteiger partial charge in [0, 0.05) is 16.1 Å². The Morgan fingerprint density at radius 2 is 1.79 bits per heavy atom. The van der Waals surface area contributed by atoms with Crippen molar-refractivity contribution in [2.24, 2.45) is 0 Å². The van der Waals surface area contributed by atoms with Crippen molar-refractivity contribution in [1.82, 2.24) is 9.78 Å². The average Bonchev–Trinajstić information content (AvgIpc) is 2.94. The smallest absolute Gasteiger partial charge is 0.357 e. The maximum atomic E-state index is 12.5. The third kappa shape index (κ3) is 3.05. The molecule has 0 saturated heterocycles. The maximum Gasteiger partial charge on any atom is 0.357 e. The summed E-state index contributed by atoms with van der Waals surface area (Å²) in [5.41, 5.74) is 3.66. The molecule has 122 valence electrons. The van der Waals surface area contributed by atoms with Crippen molar-refractivity contribution in [3.8, 4) is 16.9 Å². The molecule has 4 nitrogen and oxygen atoms in total. The Morgan fingerprint density at radius 1 is 1.12 bits per heavy atom. The van der Waals surface area contributed by atoms with E-state index in [0.717, 1.165) is 22.5 Å². The van der Waals surface area contributed by atoms with Crippen LogP contribution in [0.5, 0.6) is 0 Å². The van der Waals surface area contributed by atoms with Crippen LogP contribution in [-0.2, 0) is 4.74 Å². The van der Waals surface area contributed by atoms with Crippen LogP contribution in [0.3, 0.4) is 0 Å². The van der Waals surface area contributed by atoms with Crippen molar-refractivity contribution >= 4 is 17.6 Å². The number of rotatable bonds is 4. The second-order valence-electron chi connectivity index (χ2n) is 5.30. The summed E-state index contributed by atoms with van der Waals surface area (Å²) < 4.78 is 6.85. The molecule has 1 heterocycles. The fourth-order valence-electron chi connectivity index (χ4n) is 2.57. The number of hydrogen-bond acceptors (Lipinski definition) is 3. The Morgan fingerprint density at radius 3 is 2.42 bits per heavy atom. The molecule has 0 spiro atoms. The minimum Gasteiger partial charge on any atom is -0.461 e. The molecule has 0 unspecified atom stereocenters. The van der Waals surface area contributed by atoms with Crippen LogP contribution in [0.1, 0.15) is 23.0 Å². The van der Waals surface area contributed by atoms with E-state index in [9.17, 15) is 4.79 Å². The van der Waals surface area contributed by atoms with E-state index in [1.54, 1.807) is 11.6 Å². The number of aromatic nitrogens is 2. The highest BCUT2D eigenvalue weighted by Crippen LogP contribution is 2.28. The normalized spacial score (nSPS) is 10.6. The first-order valence-electron chi connectivity index (χ1n) is 7.70. The summed E-state index contributed by atoms with van der Waals surface area (Å²) >= 11 is 5.96. The summed E-state index contributed by atoms with van der Waals surface area (Å²) in [6, 6.07) is 16.9. The molecule has 24 heavy (non-hydrogen) atoms. The lowest BCUT2D eigenvalue weighted by atomic mass is 10.1. The molecular weight excluding hydrogens is 324 g/mol. The van der Waals surface area contributed by atoms with Crippen LogP contribution in [0.4, 0.5) is 0 Å². The number of esters is 1. The summed E-state index contributed by atoms with van der Waals surface area (Å²) in [5.74, 6) is -0.383. The first kappa shape index (κ1) is 16.3. The van der Waals surface area contributed by atoms with E-state index >= 15 is 0 Å². The highest BCUT2D eigenvalue weighted by molar-refractivity contribution is 6.30. The van der Waals surface area contributed by atoms with Crippen LogP contribution in [0.2, 0.25) is 5.02 Å². The molecule has 0 amide bonds. The number of hydrogen-bond donors (Lipinski definition) is 0. The van der Waals surface area contributed by atoms with Crippen LogP contribution in [0, 0.1) is 6.92 Å². The molecule has 3 aromatic rings. The van der Waals surface area contributed by atoms with Gasteiger partial charge in [-0.05, 0) is 38.1 Å². The van der Waals surface area contributed by atoms with Crippen molar-refractivity contribution in [2.45, 2.75) is 13.8 Å². The van der Waals surface area contributed by atoms with Gasteiger partial charge >= 0.3 is 5.97 Å². The average molecular weight is 341 g/mol. The van der Waals surface area contributed by atoms with Crippen molar-refractivity contribution in [2.75, 3.05) is 6.61 Å². The van der Waals surface area contributed by atoms with Gasteiger partial charge in [0.1, 0.15) is 0 Å². The molecule has 5 heteroatoms. The number of ether oxygens (including phenoxy) is 1. The fourth-order valence-corrected chi connectivity index (χ4v) is 2.70. The fraction of sp³-hybridized carbons (Fsp3) is 0.158. The molecule has 0 aliphatic rings. The Hall–Kier alpha value is -2.59. The molecule has 0 saturated carbocycles. The molecule has 0 N–H and O–H groups in total. The lowest BCUT2D eigenvalue weighted by molar-refractivity contribution is 0.0515. The zero-order valence-corrected chi connectivity index (χ0v) is 14.2. The highest BCUT2D eigenvalue weighted by Gasteiger charge is 2.23. The monoisotopic (exact) mass is 340 g/mol. The SMILES string of the molecule is CCOC(=O)c1c(C)c(-c2ccc(Cl)cc2)nn1-c1ccccc1. The number of carbonyl (C=O) groups excluding carboxylic acids is 1. The number of nitrogens with zero attached hydrogens (tertiary/aromatic N) is 2. The minimum absolute atomic E-state index is 0.314. The molecular formula is C19H17ClN2O2. The minimum atomic E-state index is -0.383. The van der Waals surface area contributed by atoms with E-state index in [1.807, 2.05) is 61.5 Å². The number of para-hydroxylation sites is 1. The maximum absolute atomic E-state index is 12.5. The highest BCUT2D eigenvalue weighted by atomic mass is 35.5. The van der Waals surface area contributed by atoms with Crippen molar-refractivity contribution in [3.63, 3.8) is 0 Å². The van der Waals surface area contributed by atoms with E-state index < -0.39 is 0 Å². The second kappa shape index (κ2) is 6.89.